The molecule has 40 heavy (non-hydrogen) atoms. The largest absolute Gasteiger partial charge is 0.457 e. The van der Waals surface area contributed by atoms with Gasteiger partial charge in [0.1, 0.15) is 23.1 Å². The van der Waals surface area contributed by atoms with E-state index in [-0.39, 0.29) is 24.5 Å². The summed E-state index contributed by atoms with van der Waals surface area (Å²) in [4.78, 5) is 31.8. The fourth-order valence-electron chi connectivity index (χ4n) is 6.73. The Bertz CT molecular complexity index is 1120. The van der Waals surface area contributed by atoms with Crippen molar-refractivity contribution in [2.24, 2.45) is 5.92 Å². The number of hydrogen-bond acceptors (Lipinski definition) is 5. The summed E-state index contributed by atoms with van der Waals surface area (Å²) >= 11 is 0. The normalized spacial score (nSPS) is 21.9. The first-order valence-electron chi connectivity index (χ1n) is 15.3. The number of hydrogen-bond donors (Lipinski definition) is 2. The van der Waals surface area contributed by atoms with Crippen LogP contribution in [-0.4, -0.2) is 57.9 Å². The number of carbonyl (C=O) groups excluding carboxylic acids is 2. The number of rotatable bonds is 10. The molecule has 0 bridgehead atoms. The minimum atomic E-state index is -0.713. The number of piperazine rings is 1. The van der Waals surface area contributed by atoms with E-state index in [1.165, 1.54) is 37.7 Å². The second kappa shape index (κ2) is 13.2. The molecular weight excluding hydrogens is 502 g/mol. The third-order valence-corrected chi connectivity index (χ3v) is 9.19. The summed E-state index contributed by atoms with van der Waals surface area (Å²) in [5.41, 5.74) is 1.34. The Morgan fingerprint density at radius 2 is 1.55 bits per heavy atom. The van der Waals surface area contributed by atoms with E-state index < -0.39 is 5.54 Å². The standard InChI is InChI=1S/C33H45N3O4/c1-2-3-19-36-31(38)30(22-25-7-5-4-6-8-25)34-32(39)33(36)17-20-35(21-18-33)23-26-9-13-28(14-10-26)40-29-15-11-27(24-37)12-16-29/h9-16,25,30,37H,2-8,17-24H2,1H3,(H,34,39)/t30-/m0/s1. The molecule has 0 aromatic heterocycles. The fourth-order valence-corrected chi connectivity index (χ4v) is 6.73. The quantitative estimate of drug-likeness (QED) is 0.416. The van der Waals surface area contributed by atoms with E-state index in [2.05, 4.69) is 29.3 Å². The molecule has 1 spiro atoms. The summed E-state index contributed by atoms with van der Waals surface area (Å²) in [6.07, 6.45) is 10.2. The molecule has 2 saturated heterocycles. The average Bonchev–Trinajstić information content (AvgIpc) is 2.99. The third kappa shape index (κ3) is 6.52. The summed E-state index contributed by atoms with van der Waals surface area (Å²) in [6, 6.07) is 15.2. The number of aliphatic hydroxyl groups is 1. The van der Waals surface area contributed by atoms with Crippen LogP contribution in [0.25, 0.3) is 0 Å². The lowest BCUT2D eigenvalue weighted by atomic mass is 9.79. The minimum Gasteiger partial charge on any atom is -0.457 e. The topological polar surface area (TPSA) is 82.1 Å². The number of amides is 2. The monoisotopic (exact) mass is 547 g/mol. The summed E-state index contributed by atoms with van der Waals surface area (Å²) < 4.78 is 5.94. The van der Waals surface area contributed by atoms with E-state index in [4.69, 9.17) is 4.74 Å². The van der Waals surface area contributed by atoms with Crippen molar-refractivity contribution in [3.8, 4) is 11.5 Å². The highest BCUT2D eigenvalue weighted by atomic mass is 16.5. The molecule has 1 aliphatic carbocycles. The van der Waals surface area contributed by atoms with Gasteiger partial charge in [0, 0.05) is 26.2 Å². The van der Waals surface area contributed by atoms with Crippen LogP contribution in [0.3, 0.4) is 0 Å². The van der Waals surface area contributed by atoms with Crippen molar-refractivity contribution in [2.75, 3.05) is 19.6 Å². The summed E-state index contributed by atoms with van der Waals surface area (Å²) in [5, 5.41) is 12.4. The van der Waals surface area contributed by atoms with Crippen LogP contribution in [0, 0.1) is 5.92 Å². The molecule has 216 valence electrons. The van der Waals surface area contributed by atoms with Crippen LogP contribution < -0.4 is 10.1 Å². The van der Waals surface area contributed by atoms with Gasteiger partial charge in [-0.15, -0.1) is 0 Å². The third-order valence-electron chi connectivity index (χ3n) is 9.19. The molecule has 0 unspecified atom stereocenters. The Morgan fingerprint density at radius 3 is 2.15 bits per heavy atom. The van der Waals surface area contributed by atoms with Gasteiger partial charge in [-0.1, -0.05) is 69.7 Å². The lowest BCUT2D eigenvalue weighted by molar-refractivity contribution is -0.162. The second-order valence-electron chi connectivity index (χ2n) is 12.0. The zero-order valence-corrected chi connectivity index (χ0v) is 23.9. The van der Waals surface area contributed by atoms with Crippen LogP contribution in [0.4, 0.5) is 0 Å². The van der Waals surface area contributed by atoms with Gasteiger partial charge in [-0.2, -0.15) is 0 Å². The maximum atomic E-state index is 13.8. The molecule has 2 amide bonds. The predicted octanol–water partition coefficient (Wildman–Crippen LogP) is 5.40. The van der Waals surface area contributed by atoms with Gasteiger partial charge < -0.3 is 20.1 Å². The molecular formula is C33H45N3O4. The van der Waals surface area contributed by atoms with Gasteiger partial charge in [-0.05, 0) is 67.0 Å². The van der Waals surface area contributed by atoms with Crippen LogP contribution in [0.15, 0.2) is 48.5 Å². The van der Waals surface area contributed by atoms with Gasteiger partial charge in [0.05, 0.1) is 6.61 Å². The molecule has 7 nitrogen and oxygen atoms in total. The molecule has 7 heteroatoms. The number of aliphatic hydroxyl groups excluding tert-OH is 1. The summed E-state index contributed by atoms with van der Waals surface area (Å²) in [5.74, 6) is 2.27. The van der Waals surface area contributed by atoms with Crippen LogP contribution >= 0.6 is 0 Å². The minimum absolute atomic E-state index is 0.0191. The highest BCUT2D eigenvalue weighted by Crippen LogP contribution is 2.36. The van der Waals surface area contributed by atoms with E-state index in [1.54, 1.807) is 0 Å². The Morgan fingerprint density at radius 1 is 0.925 bits per heavy atom. The number of nitrogens with one attached hydrogen (secondary N) is 1. The van der Waals surface area contributed by atoms with Gasteiger partial charge in [-0.25, -0.2) is 0 Å². The molecule has 1 atom stereocenters. The molecule has 1 saturated carbocycles. The Labute approximate surface area is 238 Å². The van der Waals surface area contributed by atoms with Crippen molar-refractivity contribution in [2.45, 2.75) is 95.9 Å². The lowest BCUT2D eigenvalue weighted by Gasteiger charge is -2.52. The molecule has 0 radical (unpaired) electrons. The molecule has 5 rings (SSSR count). The van der Waals surface area contributed by atoms with Gasteiger partial charge in [0.15, 0.2) is 0 Å². The van der Waals surface area contributed by atoms with E-state index in [0.717, 1.165) is 56.0 Å². The average molecular weight is 548 g/mol. The Hall–Kier alpha value is -2.90. The van der Waals surface area contributed by atoms with E-state index >= 15 is 0 Å². The molecule has 3 fully saturated rings. The fraction of sp³-hybridized carbons (Fsp3) is 0.576. The van der Waals surface area contributed by atoms with Crippen LogP contribution in [0.2, 0.25) is 0 Å². The van der Waals surface area contributed by atoms with Gasteiger partial charge >= 0.3 is 0 Å². The molecule has 2 N–H and O–H groups in total. The van der Waals surface area contributed by atoms with Crippen molar-refractivity contribution < 1.29 is 19.4 Å². The zero-order chi connectivity index (χ0) is 28.0. The summed E-state index contributed by atoms with van der Waals surface area (Å²) in [7, 11) is 0. The van der Waals surface area contributed by atoms with Gasteiger partial charge in [0.25, 0.3) is 0 Å². The number of unbranched alkanes of at least 4 members (excludes halogenated alkanes) is 1. The molecule has 2 aliphatic heterocycles. The second-order valence-corrected chi connectivity index (χ2v) is 12.0. The van der Waals surface area contributed by atoms with Crippen molar-refractivity contribution in [1.29, 1.82) is 0 Å². The predicted molar refractivity (Wildman–Crippen MR) is 156 cm³/mol. The number of benzene rings is 2. The van der Waals surface area contributed by atoms with E-state index in [0.29, 0.717) is 25.3 Å². The number of piperidine rings is 1. The first kappa shape index (κ1) is 28.6. The summed E-state index contributed by atoms with van der Waals surface area (Å²) in [6.45, 7) is 5.21. The van der Waals surface area contributed by atoms with Crippen LogP contribution in [0.5, 0.6) is 11.5 Å². The number of carbonyl (C=O) groups is 2. The van der Waals surface area contributed by atoms with E-state index in [1.807, 2.05) is 41.3 Å². The van der Waals surface area contributed by atoms with Crippen molar-refractivity contribution >= 4 is 11.8 Å². The van der Waals surface area contributed by atoms with Gasteiger partial charge in [0.2, 0.25) is 11.8 Å². The Balaban J connectivity index is 1.18. The number of ether oxygens (including phenoxy) is 1. The van der Waals surface area contributed by atoms with Gasteiger partial charge in [-0.3, -0.25) is 14.5 Å². The van der Waals surface area contributed by atoms with Crippen LogP contribution in [-0.2, 0) is 22.7 Å². The first-order valence-corrected chi connectivity index (χ1v) is 15.3. The van der Waals surface area contributed by atoms with Crippen molar-refractivity contribution in [1.82, 2.24) is 15.1 Å². The van der Waals surface area contributed by atoms with Crippen molar-refractivity contribution in [3.05, 3.63) is 59.7 Å². The number of nitrogens with zero attached hydrogens (tertiary/aromatic N) is 2. The highest BCUT2D eigenvalue weighted by molar-refractivity contribution is 6.00. The maximum Gasteiger partial charge on any atom is 0.246 e. The maximum absolute atomic E-state index is 13.8. The lowest BCUT2D eigenvalue weighted by Crippen LogP contribution is -2.73. The van der Waals surface area contributed by atoms with E-state index in [9.17, 15) is 14.7 Å². The van der Waals surface area contributed by atoms with Crippen molar-refractivity contribution in [3.63, 3.8) is 0 Å². The SMILES string of the molecule is CCCCN1C(=O)[C@H](CC2CCCCC2)NC(=O)C12CCN(Cc1ccc(Oc3ccc(CO)cc3)cc1)CC2. The Kier molecular flexibility index (Phi) is 9.43. The smallest absolute Gasteiger partial charge is 0.246 e. The zero-order valence-electron chi connectivity index (χ0n) is 23.9. The highest BCUT2D eigenvalue weighted by Gasteiger charge is 2.53. The molecule has 2 aromatic carbocycles. The van der Waals surface area contributed by atoms with Crippen LogP contribution in [0.1, 0.15) is 82.3 Å². The first-order chi connectivity index (χ1) is 19.5. The molecule has 2 heterocycles. The number of likely N-dealkylation sites (tertiary alicyclic amines) is 1. The molecule has 2 aromatic rings. The molecule has 3 aliphatic rings.